The molecule has 0 unspecified atom stereocenters. The number of hydrogen-bond acceptors (Lipinski definition) is 6. The van der Waals surface area contributed by atoms with Crippen molar-refractivity contribution in [1.29, 1.82) is 0 Å². The molecule has 2 amide bonds. The van der Waals surface area contributed by atoms with Crippen LogP contribution in [0.15, 0.2) is 71.3 Å². The van der Waals surface area contributed by atoms with E-state index in [1.54, 1.807) is 12.1 Å². The van der Waals surface area contributed by atoms with E-state index in [1.807, 2.05) is 36.4 Å². The average molecular weight is 434 g/mol. The second-order valence-electron chi connectivity index (χ2n) is 6.81. The highest BCUT2D eigenvalue weighted by molar-refractivity contribution is 5.90. The van der Waals surface area contributed by atoms with Crippen LogP contribution in [0.4, 0.5) is 4.39 Å². The molecule has 0 atom stereocenters. The van der Waals surface area contributed by atoms with Gasteiger partial charge in [-0.3, -0.25) is 9.59 Å². The lowest BCUT2D eigenvalue weighted by Crippen LogP contribution is -2.36. The van der Waals surface area contributed by atoms with Crippen LogP contribution in [0.5, 0.6) is 5.75 Å². The average Bonchev–Trinajstić information content (AvgIpc) is 3.31. The molecule has 8 nitrogen and oxygen atoms in total. The monoisotopic (exact) mass is 434 g/mol. The minimum absolute atomic E-state index is 0.0209. The molecule has 1 heterocycles. The van der Waals surface area contributed by atoms with E-state index in [4.69, 9.17) is 9.26 Å². The van der Waals surface area contributed by atoms with Gasteiger partial charge in [0.15, 0.2) is 6.61 Å². The molecule has 3 aromatic carbocycles. The molecule has 4 rings (SSSR count). The van der Waals surface area contributed by atoms with Gasteiger partial charge in [0.25, 0.3) is 5.91 Å². The molecule has 4 aromatic rings. The third kappa shape index (κ3) is 5.07. The van der Waals surface area contributed by atoms with Crippen LogP contribution in [-0.2, 0) is 4.79 Å². The molecular weight excluding hydrogens is 415 g/mol. The van der Waals surface area contributed by atoms with Crippen molar-refractivity contribution in [3.63, 3.8) is 0 Å². The molecule has 0 spiro atoms. The van der Waals surface area contributed by atoms with Gasteiger partial charge in [-0.05, 0) is 35.0 Å². The fourth-order valence-corrected chi connectivity index (χ4v) is 2.98. The summed E-state index contributed by atoms with van der Waals surface area (Å²) < 4.78 is 24.2. The van der Waals surface area contributed by atoms with Gasteiger partial charge in [-0.1, -0.05) is 47.6 Å². The van der Waals surface area contributed by atoms with E-state index in [1.165, 1.54) is 18.2 Å². The van der Waals surface area contributed by atoms with Crippen LogP contribution >= 0.6 is 0 Å². The van der Waals surface area contributed by atoms with Crippen molar-refractivity contribution in [2.24, 2.45) is 0 Å². The Morgan fingerprint density at radius 1 is 0.938 bits per heavy atom. The minimum Gasteiger partial charge on any atom is -0.484 e. The summed E-state index contributed by atoms with van der Waals surface area (Å²) >= 11 is 0. The van der Waals surface area contributed by atoms with E-state index in [9.17, 15) is 14.0 Å². The molecule has 0 aliphatic heterocycles. The predicted molar refractivity (Wildman–Crippen MR) is 114 cm³/mol. The summed E-state index contributed by atoms with van der Waals surface area (Å²) in [7, 11) is 0. The lowest BCUT2D eigenvalue weighted by molar-refractivity contribution is -0.123. The number of aromatic nitrogens is 2. The maximum atomic E-state index is 13.8. The van der Waals surface area contributed by atoms with Crippen molar-refractivity contribution in [2.45, 2.75) is 0 Å². The van der Waals surface area contributed by atoms with Crippen LogP contribution in [0.2, 0.25) is 0 Å². The maximum Gasteiger partial charge on any atom is 0.316 e. The summed E-state index contributed by atoms with van der Waals surface area (Å²) in [4.78, 5) is 28.0. The van der Waals surface area contributed by atoms with Gasteiger partial charge in [-0.15, -0.1) is 0 Å². The van der Waals surface area contributed by atoms with Crippen molar-refractivity contribution in [3.05, 3.63) is 78.4 Å². The maximum absolute atomic E-state index is 13.8. The van der Waals surface area contributed by atoms with Gasteiger partial charge in [-0.25, -0.2) is 4.39 Å². The number of ether oxygens (including phenoxy) is 1. The highest BCUT2D eigenvalue weighted by atomic mass is 19.1. The molecule has 0 aliphatic carbocycles. The van der Waals surface area contributed by atoms with Gasteiger partial charge in [0.2, 0.25) is 5.82 Å². The van der Waals surface area contributed by atoms with E-state index in [0.717, 1.165) is 10.8 Å². The summed E-state index contributed by atoms with van der Waals surface area (Å²) in [5.74, 6) is -1.20. The summed E-state index contributed by atoms with van der Waals surface area (Å²) in [5, 5.41) is 10.9. The lowest BCUT2D eigenvalue weighted by atomic mass is 10.1. The molecule has 2 N–H and O–H groups in total. The molecule has 0 aliphatic rings. The fourth-order valence-electron chi connectivity index (χ4n) is 2.98. The number of halogens is 1. The first-order valence-electron chi connectivity index (χ1n) is 9.85. The van der Waals surface area contributed by atoms with E-state index in [0.29, 0.717) is 5.75 Å². The molecular formula is C23H19FN4O4. The number of rotatable bonds is 8. The molecule has 0 bridgehead atoms. The standard InChI is InChI=1S/C23H19FN4O4/c24-19-8-4-3-7-18(19)21-27-23(32-28-21)22(30)26-12-11-25-20(29)14-31-17-10-9-15-5-1-2-6-16(15)13-17/h1-10,13H,11-12,14H2,(H,25,29)(H,26,30). The number of nitrogens with one attached hydrogen (secondary N) is 2. The topological polar surface area (TPSA) is 106 Å². The zero-order valence-electron chi connectivity index (χ0n) is 16.9. The normalized spacial score (nSPS) is 10.7. The Balaban J connectivity index is 1.20. The van der Waals surface area contributed by atoms with Gasteiger partial charge in [0, 0.05) is 13.1 Å². The Hall–Kier alpha value is -4.27. The highest BCUT2D eigenvalue weighted by Gasteiger charge is 2.17. The molecule has 9 heteroatoms. The lowest BCUT2D eigenvalue weighted by Gasteiger charge is -2.08. The van der Waals surface area contributed by atoms with Crippen molar-refractivity contribution < 1.29 is 23.2 Å². The number of fused-ring (bicyclic) bond motifs is 1. The summed E-state index contributed by atoms with van der Waals surface area (Å²) in [5.41, 5.74) is 0.133. The molecule has 32 heavy (non-hydrogen) atoms. The van der Waals surface area contributed by atoms with Crippen LogP contribution < -0.4 is 15.4 Å². The molecule has 0 saturated heterocycles. The Bertz CT molecular complexity index is 1260. The number of benzene rings is 3. The number of carbonyl (C=O) groups is 2. The Morgan fingerprint density at radius 2 is 1.69 bits per heavy atom. The minimum atomic E-state index is -0.623. The van der Waals surface area contributed by atoms with Crippen molar-refractivity contribution >= 4 is 22.6 Å². The van der Waals surface area contributed by atoms with Crippen LogP contribution in [0.25, 0.3) is 22.2 Å². The Labute approximate surface area is 182 Å². The third-order valence-corrected chi connectivity index (χ3v) is 4.56. The van der Waals surface area contributed by atoms with Gasteiger partial charge in [0.1, 0.15) is 11.6 Å². The quantitative estimate of drug-likeness (QED) is 0.413. The van der Waals surface area contributed by atoms with Crippen LogP contribution in [0.3, 0.4) is 0 Å². The first-order valence-corrected chi connectivity index (χ1v) is 9.85. The molecule has 162 valence electrons. The van der Waals surface area contributed by atoms with Gasteiger partial charge >= 0.3 is 11.8 Å². The number of carbonyl (C=O) groups excluding carboxylic acids is 2. The largest absolute Gasteiger partial charge is 0.484 e. The first-order chi connectivity index (χ1) is 15.6. The Morgan fingerprint density at radius 3 is 2.53 bits per heavy atom. The van der Waals surface area contributed by atoms with E-state index in [-0.39, 0.29) is 42.9 Å². The van der Waals surface area contributed by atoms with Crippen LogP contribution in [-0.4, -0.2) is 41.7 Å². The van der Waals surface area contributed by atoms with E-state index in [2.05, 4.69) is 20.8 Å². The zero-order chi connectivity index (χ0) is 22.3. The number of hydrogen-bond donors (Lipinski definition) is 2. The second kappa shape index (κ2) is 9.69. The van der Waals surface area contributed by atoms with E-state index >= 15 is 0 Å². The number of amides is 2. The first kappa shape index (κ1) is 21.0. The van der Waals surface area contributed by atoms with Gasteiger partial charge in [-0.2, -0.15) is 4.98 Å². The third-order valence-electron chi connectivity index (χ3n) is 4.56. The predicted octanol–water partition coefficient (Wildman–Crippen LogP) is 2.95. The summed E-state index contributed by atoms with van der Waals surface area (Å²) in [6, 6.07) is 19.3. The molecule has 0 fully saturated rings. The Kier molecular flexibility index (Phi) is 6.35. The van der Waals surface area contributed by atoms with Crippen molar-refractivity contribution in [3.8, 4) is 17.1 Å². The SMILES string of the molecule is O=C(COc1ccc2ccccc2c1)NCCNC(=O)c1nc(-c2ccccc2F)no1. The van der Waals surface area contributed by atoms with Gasteiger partial charge in [0.05, 0.1) is 5.56 Å². The van der Waals surface area contributed by atoms with E-state index < -0.39 is 11.7 Å². The summed E-state index contributed by atoms with van der Waals surface area (Å²) in [6.07, 6.45) is 0. The second-order valence-corrected chi connectivity index (χ2v) is 6.81. The number of nitrogens with zero attached hydrogens (tertiary/aromatic N) is 2. The van der Waals surface area contributed by atoms with Gasteiger partial charge < -0.3 is 19.9 Å². The highest BCUT2D eigenvalue weighted by Crippen LogP contribution is 2.20. The smallest absolute Gasteiger partial charge is 0.316 e. The van der Waals surface area contributed by atoms with Crippen LogP contribution in [0, 0.1) is 5.82 Å². The molecule has 0 saturated carbocycles. The zero-order valence-corrected chi connectivity index (χ0v) is 16.9. The van der Waals surface area contributed by atoms with Crippen molar-refractivity contribution in [2.75, 3.05) is 19.7 Å². The molecule has 0 radical (unpaired) electrons. The summed E-state index contributed by atoms with van der Waals surface area (Å²) in [6.45, 7) is 0.167. The molecule has 1 aromatic heterocycles. The van der Waals surface area contributed by atoms with Crippen molar-refractivity contribution in [1.82, 2.24) is 20.8 Å². The fraction of sp³-hybridized carbons (Fsp3) is 0.130. The van der Waals surface area contributed by atoms with Crippen LogP contribution in [0.1, 0.15) is 10.7 Å².